The van der Waals surface area contributed by atoms with Crippen molar-refractivity contribution >= 4 is 5.97 Å². The molecular weight excluding hydrogens is 204 g/mol. The maximum absolute atomic E-state index is 11.3. The van der Waals surface area contributed by atoms with Gasteiger partial charge in [0.25, 0.3) is 0 Å². The fourth-order valence-electron chi connectivity index (χ4n) is 1.37. The third-order valence-electron chi connectivity index (χ3n) is 2.31. The quantitative estimate of drug-likeness (QED) is 0.427. The van der Waals surface area contributed by atoms with Crippen molar-refractivity contribution in [2.24, 2.45) is 5.92 Å². The molecule has 0 bridgehead atoms. The minimum Gasteiger partial charge on any atom is -0.466 e. The zero-order valence-corrected chi connectivity index (χ0v) is 11.0. The summed E-state index contributed by atoms with van der Waals surface area (Å²) in [6.45, 7) is 8.40. The van der Waals surface area contributed by atoms with E-state index in [0.717, 1.165) is 38.9 Å². The highest BCUT2D eigenvalue weighted by Gasteiger charge is 2.02. The van der Waals surface area contributed by atoms with E-state index >= 15 is 0 Å². The molecule has 0 atom stereocenters. The SMILES string of the molecule is CCOCCCCC(=O)OCCCC(C)C. The minimum atomic E-state index is -0.0692. The summed E-state index contributed by atoms with van der Waals surface area (Å²) in [6, 6.07) is 0. The standard InChI is InChI=1S/C13H26O3/c1-4-15-10-6-5-9-13(14)16-11-7-8-12(2)3/h12H,4-11H2,1-3H3. The number of ether oxygens (including phenoxy) is 2. The molecule has 0 saturated heterocycles. The normalized spacial score (nSPS) is 10.8. The van der Waals surface area contributed by atoms with Gasteiger partial charge in [-0.2, -0.15) is 0 Å². The summed E-state index contributed by atoms with van der Waals surface area (Å²) in [5, 5.41) is 0. The zero-order valence-electron chi connectivity index (χ0n) is 11.0. The molecule has 0 spiro atoms. The summed E-state index contributed by atoms with van der Waals surface area (Å²) in [7, 11) is 0. The van der Waals surface area contributed by atoms with E-state index in [-0.39, 0.29) is 5.97 Å². The van der Waals surface area contributed by atoms with Crippen molar-refractivity contribution in [2.45, 2.75) is 52.9 Å². The van der Waals surface area contributed by atoms with E-state index in [0.29, 0.717) is 18.9 Å². The number of hydrogen-bond donors (Lipinski definition) is 0. The second kappa shape index (κ2) is 10.9. The lowest BCUT2D eigenvalue weighted by atomic mass is 10.1. The molecule has 3 heteroatoms. The molecule has 0 aromatic carbocycles. The second-order valence-electron chi connectivity index (χ2n) is 4.41. The van der Waals surface area contributed by atoms with Crippen molar-refractivity contribution in [2.75, 3.05) is 19.8 Å². The van der Waals surface area contributed by atoms with Crippen molar-refractivity contribution in [3.63, 3.8) is 0 Å². The van der Waals surface area contributed by atoms with Crippen LogP contribution < -0.4 is 0 Å². The zero-order chi connectivity index (χ0) is 12.2. The number of esters is 1. The lowest BCUT2D eigenvalue weighted by Gasteiger charge is -2.06. The fourth-order valence-corrected chi connectivity index (χ4v) is 1.37. The monoisotopic (exact) mass is 230 g/mol. The van der Waals surface area contributed by atoms with Crippen molar-refractivity contribution in [3.8, 4) is 0 Å². The Morgan fingerprint density at radius 2 is 1.88 bits per heavy atom. The Kier molecular flexibility index (Phi) is 10.5. The molecule has 0 unspecified atom stereocenters. The van der Waals surface area contributed by atoms with Crippen LogP contribution in [0.3, 0.4) is 0 Å². The van der Waals surface area contributed by atoms with E-state index < -0.39 is 0 Å². The third-order valence-corrected chi connectivity index (χ3v) is 2.31. The molecule has 0 aliphatic carbocycles. The predicted molar refractivity (Wildman–Crippen MR) is 65.4 cm³/mol. The van der Waals surface area contributed by atoms with Gasteiger partial charge in [0, 0.05) is 19.6 Å². The number of carbonyl (C=O) groups excluding carboxylic acids is 1. The Hall–Kier alpha value is -0.570. The molecule has 0 radical (unpaired) electrons. The molecule has 0 heterocycles. The largest absolute Gasteiger partial charge is 0.466 e. The van der Waals surface area contributed by atoms with Crippen molar-refractivity contribution < 1.29 is 14.3 Å². The molecule has 0 saturated carbocycles. The Balaban J connectivity index is 3.18. The molecule has 0 aliphatic heterocycles. The van der Waals surface area contributed by atoms with Gasteiger partial charge in [-0.05, 0) is 38.5 Å². The maximum atomic E-state index is 11.3. The van der Waals surface area contributed by atoms with Crippen LogP contribution in [0.4, 0.5) is 0 Å². The van der Waals surface area contributed by atoms with Crippen LogP contribution in [-0.2, 0) is 14.3 Å². The molecule has 3 nitrogen and oxygen atoms in total. The highest BCUT2D eigenvalue weighted by atomic mass is 16.5. The van der Waals surface area contributed by atoms with Gasteiger partial charge in [0.05, 0.1) is 6.61 Å². The van der Waals surface area contributed by atoms with E-state index in [2.05, 4.69) is 13.8 Å². The van der Waals surface area contributed by atoms with Crippen LogP contribution in [0.5, 0.6) is 0 Å². The molecule has 0 fully saturated rings. The average Bonchev–Trinajstić information content (AvgIpc) is 2.24. The van der Waals surface area contributed by atoms with Gasteiger partial charge in [-0.3, -0.25) is 4.79 Å². The van der Waals surface area contributed by atoms with E-state index in [4.69, 9.17) is 9.47 Å². The Morgan fingerprint density at radius 1 is 1.12 bits per heavy atom. The van der Waals surface area contributed by atoms with Crippen LogP contribution in [0.15, 0.2) is 0 Å². The molecule has 16 heavy (non-hydrogen) atoms. The van der Waals surface area contributed by atoms with Gasteiger partial charge < -0.3 is 9.47 Å². The first kappa shape index (κ1) is 15.4. The van der Waals surface area contributed by atoms with E-state index in [1.165, 1.54) is 0 Å². The molecule has 0 aliphatic rings. The summed E-state index contributed by atoms with van der Waals surface area (Å²) in [6.07, 6.45) is 4.42. The first-order valence-corrected chi connectivity index (χ1v) is 6.40. The van der Waals surface area contributed by atoms with Gasteiger partial charge in [-0.15, -0.1) is 0 Å². The number of hydrogen-bond acceptors (Lipinski definition) is 3. The number of unbranched alkanes of at least 4 members (excludes halogenated alkanes) is 1. The lowest BCUT2D eigenvalue weighted by molar-refractivity contribution is -0.144. The summed E-state index contributed by atoms with van der Waals surface area (Å²) >= 11 is 0. The molecular formula is C13H26O3. The highest BCUT2D eigenvalue weighted by molar-refractivity contribution is 5.69. The summed E-state index contributed by atoms with van der Waals surface area (Å²) in [4.78, 5) is 11.3. The van der Waals surface area contributed by atoms with Crippen LogP contribution in [0, 0.1) is 5.92 Å². The van der Waals surface area contributed by atoms with Crippen LogP contribution in [0.2, 0.25) is 0 Å². The van der Waals surface area contributed by atoms with Crippen LogP contribution in [0.25, 0.3) is 0 Å². The van der Waals surface area contributed by atoms with Crippen molar-refractivity contribution in [1.82, 2.24) is 0 Å². The fraction of sp³-hybridized carbons (Fsp3) is 0.923. The highest BCUT2D eigenvalue weighted by Crippen LogP contribution is 2.04. The van der Waals surface area contributed by atoms with Crippen molar-refractivity contribution in [1.29, 1.82) is 0 Å². The van der Waals surface area contributed by atoms with Crippen molar-refractivity contribution in [3.05, 3.63) is 0 Å². The predicted octanol–water partition coefficient (Wildman–Crippen LogP) is 3.17. The summed E-state index contributed by atoms with van der Waals surface area (Å²) in [5.41, 5.74) is 0. The van der Waals surface area contributed by atoms with Gasteiger partial charge in [-0.25, -0.2) is 0 Å². The first-order chi connectivity index (χ1) is 7.66. The molecule has 0 aromatic rings. The molecule has 0 aromatic heterocycles. The molecule has 0 N–H and O–H groups in total. The van der Waals surface area contributed by atoms with Crippen LogP contribution >= 0.6 is 0 Å². The minimum absolute atomic E-state index is 0.0692. The Morgan fingerprint density at radius 3 is 2.50 bits per heavy atom. The Labute approximate surface area is 99.5 Å². The first-order valence-electron chi connectivity index (χ1n) is 6.40. The van der Waals surface area contributed by atoms with Crippen LogP contribution in [-0.4, -0.2) is 25.8 Å². The van der Waals surface area contributed by atoms with Gasteiger partial charge in [-0.1, -0.05) is 13.8 Å². The van der Waals surface area contributed by atoms with Gasteiger partial charge in [0.1, 0.15) is 0 Å². The number of carbonyl (C=O) groups is 1. The molecule has 0 rings (SSSR count). The third kappa shape index (κ3) is 11.5. The van der Waals surface area contributed by atoms with Crippen LogP contribution in [0.1, 0.15) is 52.9 Å². The molecule has 96 valence electrons. The summed E-state index contributed by atoms with van der Waals surface area (Å²) in [5.74, 6) is 0.616. The lowest BCUT2D eigenvalue weighted by Crippen LogP contribution is -2.07. The van der Waals surface area contributed by atoms with E-state index in [1.807, 2.05) is 6.92 Å². The average molecular weight is 230 g/mol. The van der Waals surface area contributed by atoms with Gasteiger partial charge in [0.15, 0.2) is 0 Å². The maximum Gasteiger partial charge on any atom is 0.305 e. The second-order valence-corrected chi connectivity index (χ2v) is 4.41. The van der Waals surface area contributed by atoms with Gasteiger partial charge >= 0.3 is 5.97 Å². The summed E-state index contributed by atoms with van der Waals surface area (Å²) < 4.78 is 10.3. The van der Waals surface area contributed by atoms with E-state index in [9.17, 15) is 4.79 Å². The number of rotatable bonds is 10. The molecule has 0 amide bonds. The van der Waals surface area contributed by atoms with Gasteiger partial charge in [0.2, 0.25) is 0 Å². The smallest absolute Gasteiger partial charge is 0.305 e. The van der Waals surface area contributed by atoms with E-state index in [1.54, 1.807) is 0 Å². The topological polar surface area (TPSA) is 35.5 Å². The Bertz CT molecular complexity index is 167.